The van der Waals surface area contributed by atoms with Crippen molar-refractivity contribution in [3.8, 4) is 6.07 Å². The highest BCUT2D eigenvalue weighted by molar-refractivity contribution is 7.90. The SMILES string of the molecule is CS(=O)(=O)CC1(CNc2ncccc2C#N)CC1. The zero-order chi connectivity index (χ0) is 13.2. The van der Waals surface area contributed by atoms with Gasteiger partial charge in [0.15, 0.2) is 0 Å². The summed E-state index contributed by atoms with van der Waals surface area (Å²) in [5.74, 6) is 0.724. The number of sulfone groups is 1. The van der Waals surface area contributed by atoms with Crippen LogP contribution in [0.4, 0.5) is 5.82 Å². The number of nitrogens with zero attached hydrogens (tertiary/aromatic N) is 2. The fourth-order valence-corrected chi connectivity index (χ4v) is 3.52. The Kier molecular flexibility index (Phi) is 3.26. The molecular weight excluding hydrogens is 250 g/mol. The molecule has 0 radical (unpaired) electrons. The Morgan fingerprint density at radius 2 is 2.28 bits per heavy atom. The van der Waals surface area contributed by atoms with Crippen molar-refractivity contribution >= 4 is 15.7 Å². The fourth-order valence-electron chi connectivity index (χ4n) is 2.01. The molecule has 0 bridgehead atoms. The molecule has 0 saturated heterocycles. The molecule has 1 saturated carbocycles. The standard InChI is InChI=1S/C12H15N3O2S/c1-18(16,17)9-12(4-5-12)8-15-11-10(7-13)3-2-6-14-11/h2-3,6H,4-5,8-9H2,1H3,(H,14,15). The molecule has 18 heavy (non-hydrogen) atoms. The molecule has 1 aromatic rings. The largest absolute Gasteiger partial charge is 0.368 e. The fraction of sp³-hybridized carbons (Fsp3) is 0.500. The van der Waals surface area contributed by atoms with Crippen LogP contribution in [-0.2, 0) is 9.84 Å². The molecule has 0 aliphatic heterocycles. The van der Waals surface area contributed by atoms with Gasteiger partial charge < -0.3 is 5.32 Å². The lowest BCUT2D eigenvalue weighted by molar-refractivity contribution is 0.560. The number of nitrogens with one attached hydrogen (secondary N) is 1. The smallest absolute Gasteiger partial charge is 0.148 e. The van der Waals surface area contributed by atoms with Gasteiger partial charge in [-0.2, -0.15) is 5.26 Å². The van der Waals surface area contributed by atoms with Gasteiger partial charge in [0.25, 0.3) is 0 Å². The van der Waals surface area contributed by atoms with Crippen molar-refractivity contribution in [1.29, 1.82) is 5.26 Å². The monoisotopic (exact) mass is 265 g/mol. The van der Waals surface area contributed by atoms with Crippen LogP contribution in [0, 0.1) is 16.7 Å². The molecule has 1 aliphatic carbocycles. The summed E-state index contributed by atoms with van der Waals surface area (Å²) in [5.41, 5.74) is 0.310. The highest BCUT2D eigenvalue weighted by Crippen LogP contribution is 2.46. The van der Waals surface area contributed by atoms with E-state index in [4.69, 9.17) is 5.26 Å². The van der Waals surface area contributed by atoms with E-state index in [9.17, 15) is 8.42 Å². The van der Waals surface area contributed by atoms with Crippen LogP contribution in [0.3, 0.4) is 0 Å². The maximum atomic E-state index is 11.3. The molecule has 1 aliphatic rings. The lowest BCUT2D eigenvalue weighted by Gasteiger charge is -2.15. The summed E-state index contributed by atoms with van der Waals surface area (Å²) in [6.07, 6.45) is 4.68. The Balaban J connectivity index is 2.02. The van der Waals surface area contributed by atoms with Crippen molar-refractivity contribution in [3.05, 3.63) is 23.9 Å². The van der Waals surface area contributed by atoms with Crippen LogP contribution in [0.1, 0.15) is 18.4 Å². The van der Waals surface area contributed by atoms with E-state index in [1.165, 1.54) is 6.26 Å². The van der Waals surface area contributed by atoms with Crippen molar-refractivity contribution in [3.63, 3.8) is 0 Å². The highest BCUT2D eigenvalue weighted by atomic mass is 32.2. The zero-order valence-electron chi connectivity index (χ0n) is 10.2. The van der Waals surface area contributed by atoms with Crippen molar-refractivity contribution in [2.75, 3.05) is 23.9 Å². The number of hydrogen-bond donors (Lipinski definition) is 1. The molecule has 0 aromatic carbocycles. The molecule has 1 heterocycles. The van der Waals surface area contributed by atoms with E-state index in [1.54, 1.807) is 18.3 Å². The second kappa shape index (κ2) is 4.58. The minimum Gasteiger partial charge on any atom is -0.368 e. The number of anilines is 1. The second-order valence-corrected chi connectivity index (χ2v) is 7.08. The van der Waals surface area contributed by atoms with Gasteiger partial charge in [-0.1, -0.05) is 0 Å². The molecule has 5 nitrogen and oxygen atoms in total. The molecule has 1 N–H and O–H groups in total. The Morgan fingerprint density at radius 1 is 1.56 bits per heavy atom. The average Bonchev–Trinajstić information content (AvgIpc) is 3.04. The maximum absolute atomic E-state index is 11.3. The predicted molar refractivity (Wildman–Crippen MR) is 68.8 cm³/mol. The summed E-state index contributed by atoms with van der Waals surface area (Å²) in [6.45, 7) is 0.547. The summed E-state index contributed by atoms with van der Waals surface area (Å²) >= 11 is 0. The molecular formula is C12H15N3O2S. The lowest BCUT2D eigenvalue weighted by Crippen LogP contribution is -2.24. The third kappa shape index (κ3) is 3.20. The van der Waals surface area contributed by atoms with Crippen LogP contribution in [0.25, 0.3) is 0 Å². The van der Waals surface area contributed by atoms with Crippen molar-refractivity contribution in [2.24, 2.45) is 5.41 Å². The number of pyridine rings is 1. The van der Waals surface area contributed by atoms with Crippen LogP contribution in [0.2, 0.25) is 0 Å². The van der Waals surface area contributed by atoms with E-state index in [0.29, 0.717) is 17.9 Å². The Bertz CT molecular complexity index is 586. The Morgan fingerprint density at radius 3 is 2.83 bits per heavy atom. The summed E-state index contributed by atoms with van der Waals surface area (Å²) in [4.78, 5) is 4.09. The van der Waals surface area contributed by atoms with Gasteiger partial charge >= 0.3 is 0 Å². The maximum Gasteiger partial charge on any atom is 0.148 e. The van der Waals surface area contributed by atoms with Crippen molar-refractivity contribution in [1.82, 2.24) is 4.98 Å². The number of hydrogen-bond acceptors (Lipinski definition) is 5. The van der Waals surface area contributed by atoms with Crippen LogP contribution >= 0.6 is 0 Å². The summed E-state index contributed by atoms with van der Waals surface area (Å²) in [5, 5.41) is 12.0. The molecule has 96 valence electrons. The van der Waals surface area contributed by atoms with Gasteiger partial charge in [-0.25, -0.2) is 13.4 Å². The summed E-state index contributed by atoms with van der Waals surface area (Å²) in [6, 6.07) is 5.44. The first-order chi connectivity index (χ1) is 8.44. The van der Waals surface area contributed by atoms with Gasteiger partial charge in [0.05, 0.1) is 11.3 Å². The summed E-state index contributed by atoms with van der Waals surface area (Å²) < 4.78 is 22.7. The van der Waals surface area contributed by atoms with Gasteiger partial charge in [0.2, 0.25) is 0 Å². The van der Waals surface area contributed by atoms with Gasteiger partial charge in [-0.05, 0) is 25.0 Å². The van der Waals surface area contributed by atoms with E-state index >= 15 is 0 Å². The first-order valence-electron chi connectivity index (χ1n) is 5.71. The molecule has 0 atom stereocenters. The van der Waals surface area contributed by atoms with Gasteiger partial charge in [-0.3, -0.25) is 0 Å². The molecule has 1 fully saturated rings. The van der Waals surface area contributed by atoms with E-state index in [-0.39, 0.29) is 11.2 Å². The topological polar surface area (TPSA) is 82.8 Å². The van der Waals surface area contributed by atoms with Crippen molar-refractivity contribution < 1.29 is 8.42 Å². The van der Waals surface area contributed by atoms with Crippen LogP contribution in [0.5, 0.6) is 0 Å². The van der Waals surface area contributed by atoms with Gasteiger partial charge in [0.1, 0.15) is 21.7 Å². The number of aromatic nitrogens is 1. The van der Waals surface area contributed by atoms with Crippen LogP contribution in [0.15, 0.2) is 18.3 Å². The van der Waals surface area contributed by atoms with E-state index < -0.39 is 9.84 Å². The quantitative estimate of drug-likeness (QED) is 0.864. The van der Waals surface area contributed by atoms with Crippen LogP contribution < -0.4 is 5.32 Å². The molecule has 2 rings (SSSR count). The molecule has 0 unspecified atom stereocenters. The lowest BCUT2D eigenvalue weighted by atomic mass is 10.1. The molecule has 0 spiro atoms. The van der Waals surface area contributed by atoms with Gasteiger partial charge in [0, 0.05) is 24.4 Å². The normalized spacial score (nSPS) is 16.9. The third-order valence-corrected chi connectivity index (χ3v) is 4.22. The average molecular weight is 265 g/mol. The van der Waals surface area contributed by atoms with E-state index in [1.807, 2.05) is 0 Å². The Labute approximate surface area is 107 Å². The summed E-state index contributed by atoms with van der Waals surface area (Å²) in [7, 11) is -2.96. The minimum atomic E-state index is -2.96. The molecule has 6 heteroatoms. The first-order valence-corrected chi connectivity index (χ1v) is 7.77. The zero-order valence-corrected chi connectivity index (χ0v) is 11.0. The van der Waals surface area contributed by atoms with E-state index in [0.717, 1.165) is 12.8 Å². The number of nitriles is 1. The highest BCUT2D eigenvalue weighted by Gasteiger charge is 2.45. The molecule has 0 amide bonds. The molecule has 1 aromatic heterocycles. The second-order valence-electron chi connectivity index (χ2n) is 4.94. The van der Waals surface area contributed by atoms with E-state index in [2.05, 4.69) is 16.4 Å². The van der Waals surface area contributed by atoms with Gasteiger partial charge in [-0.15, -0.1) is 0 Å². The third-order valence-electron chi connectivity index (χ3n) is 3.08. The first kappa shape index (κ1) is 12.8. The Hall–Kier alpha value is -1.61. The minimum absolute atomic E-state index is 0.169. The predicted octanol–water partition coefficient (Wildman–Crippen LogP) is 1.19. The van der Waals surface area contributed by atoms with Crippen molar-refractivity contribution in [2.45, 2.75) is 12.8 Å². The van der Waals surface area contributed by atoms with Crippen LogP contribution in [-0.4, -0.2) is 32.0 Å². The number of rotatable bonds is 5.